The number of anilines is 1. The summed E-state index contributed by atoms with van der Waals surface area (Å²) in [4.78, 5) is 17.4. The highest BCUT2D eigenvalue weighted by Gasteiger charge is 2.18. The summed E-state index contributed by atoms with van der Waals surface area (Å²) < 4.78 is 17.7. The van der Waals surface area contributed by atoms with Crippen LogP contribution in [-0.2, 0) is 4.79 Å². The van der Waals surface area contributed by atoms with Crippen LogP contribution in [-0.4, -0.2) is 41.5 Å². The Bertz CT molecular complexity index is 1390. The molecule has 0 aliphatic rings. The molecule has 0 aliphatic carbocycles. The zero-order valence-corrected chi connectivity index (χ0v) is 19.7. The summed E-state index contributed by atoms with van der Waals surface area (Å²) >= 11 is 0. The molecule has 178 valence electrons. The molecule has 0 atom stereocenters. The van der Waals surface area contributed by atoms with Gasteiger partial charge in [0, 0.05) is 11.8 Å². The fourth-order valence-electron chi connectivity index (χ4n) is 3.66. The highest BCUT2D eigenvalue weighted by atomic mass is 16.5. The summed E-state index contributed by atoms with van der Waals surface area (Å²) in [6.45, 7) is 2.33. The van der Waals surface area contributed by atoms with Crippen molar-refractivity contribution in [1.82, 2.24) is 14.8 Å². The molecule has 1 N–H and O–H groups in total. The SMILES string of the molecule is COc1ccc(OCCCC(=O)Nc2c(C#N)cnn2-c2cc(C)c3cccc(OC)c3n2)cc1. The third-order valence-corrected chi connectivity index (χ3v) is 5.46. The molecular weight excluding hydrogens is 446 g/mol. The molecule has 0 saturated carbocycles. The molecule has 4 rings (SSSR count). The van der Waals surface area contributed by atoms with Crippen LogP contribution in [0.15, 0.2) is 54.7 Å². The number of benzene rings is 2. The first-order chi connectivity index (χ1) is 17.0. The van der Waals surface area contributed by atoms with Crippen molar-refractivity contribution >= 4 is 22.6 Å². The lowest BCUT2D eigenvalue weighted by Gasteiger charge is -2.12. The van der Waals surface area contributed by atoms with Gasteiger partial charge >= 0.3 is 0 Å². The van der Waals surface area contributed by atoms with Crippen LogP contribution in [0.4, 0.5) is 5.82 Å². The fraction of sp³-hybridized carbons (Fsp3) is 0.231. The first-order valence-electron chi connectivity index (χ1n) is 11.0. The minimum Gasteiger partial charge on any atom is -0.497 e. The maximum atomic E-state index is 12.7. The fourth-order valence-corrected chi connectivity index (χ4v) is 3.66. The number of aryl methyl sites for hydroxylation is 1. The number of nitriles is 1. The highest BCUT2D eigenvalue weighted by molar-refractivity contribution is 5.92. The van der Waals surface area contributed by atoms with Gasteiger partial charge in [-0.2, -0.15) is 15.0 Å². The molecule has 0 unspecified atom stereocenters. The maximum absolute atomic E-state index is 12.7. The Kier molecular flexibility index (Phi) is 7.12. The number of carbonyl (C=O) groups is 1. The Labute approximate surface area is 202 Å². The van der Waals surface area contributed by atoms with Crippen LogP contribution in [0, 0.1) is 18.3 Å². The van der Waals surface area contributed by atoms with Gasteiger partial charge in [-0.3, -0.25) is 4.79 Å². The number of para-hydroxylation sites is 1. The van der Waals surface area contributed by atoms with Gasteiger partial charge in [-0.25, -0.2) is 4.98 Å². The van der Waals surface area contributed by atoms with Gasteiger partial charge in [-0.1, -0.05) is 12.1 Å². The van der Waals surface area contributed by atoms with E-state index in [4.69, 9.17) is 19.2 Å². The van der Waals surface area contributed by atoms with Gasteiger partial charge in [0.05, 0.1) is 27.0 Å². The van der Waals surface area contributed by atoms with Crippen LogP contribution < -0.4 is 19.5 Å². The molecule has 1 amide bonds. The van der Waals surface area contributed by atoms with E-state index in [0.29, 0.717) is 35.9 Å². The van der Waals surface area contributed by atoms with Crippen molar-refractivity contribution in [3.05, 3.63) is 65.9 Å². The molecule has 2 aromatic carbocycles. The van der Waals surface area contributed by atoms with Crippen molar-refractivity contribution in [2.24, 2.45) is 0 Å². The number of carbonyl (C=O) groups excluding carboxylic acids is 1. The number of nitrogens with one attached hydrogen (secondary N) is 1. The summed E-state index contributed by atoms with van der Waals surface area (Å²) in [7, 11) is 3.19. The predicted molar refractivity (Wildman–Crippen MR) is 131 cm³/mol. The molecule has 9 nitrogen and oxygen atoms in total. The minimum absolute atomic E-state index is 0.213. The Morgan fingerprint density at radius 1 is 1.11 bits per heavy atom. The van der Waals surface area contributed by atoms with Gasteiger partial charge in [0.1, 0.15) is 34.4 Å². The molecule has 0 fully saturated rings. The number of hydrogen-bond donors (Lipinski definition) is 1. The predicted octanol–water partition coefficient (Wildman–Crippen LogP) is 4.42. The molecule has 0 spiro atoms. The Hall–Kier alpha value is -4.58. The first kappa shape index (κ1) is 23.6. The van der Waals surface area contributed by atoms with E-state index in [2.05, 4.69) is 16.5 Å². The second-order valence-corrected chi connectivity index (χ2v) is 7.76. The number of rotatable bonds is 9. The Balaban J connectivity index is 1.48. The number of aromatic nitrogens is 3. The lowest BCUT2D eigenvalue weighted by molar-refractivity contribution is -0.116. The minimum atomic E-state index is -0.253. The molecule has 0 saturated heterocycles. The van der Waals surface area contributed by atoms with Crippen molar-refractivity contribution in [3.8, 4) is 29.1 Å². The number of hydrogen-bond acceptors (Lipinski definition) is 7. The number of methoxy groups -OCH3 is 2. The van der Waals surface area contributed by atoms with Crippen LogP contribution in [0.1, 0.15) is 24.0 Å². The molecular formula is C26H25N5O4. The quantitative estimate of drug-likeness (QED) is 0.360. The smallest absolute Gasteiger partial charge is 0.225 e. The molecule has 35 heavy (non-hydrogen) atoms. The normalized spacial score (nSPS) is 10.6. The second kappa shape index (κ2) is 10.6. The largest absolute Gasteiger partial charge is 0.497 e. The number of ether oxygens (including phenoxy) is 3. The molecule has 9 heteroatoms. The standard InChI is InChI=1S/C26H25N5O4/c1-17-14-23(29-25-21(17)6-4-7-22(25)34-3)31-26(18(15-27)16-28-31)30-24(32)8-5-13-35-20-11-9-19(33-2)10-12-20/h4,6-7,9-12,14,16H,5,8,13H2,1-3H3,(H,30,32). The van der Waals surface area contributed by atoms with Gasteiger partial charge in [-0.05, 0) is 55.3 Å². The van der Waals surface area contributed by atoms with E-state index in [9.17, 15) is 10.1 Å². The summed E-state index contributed by atoms with van der Waals surface area (Å²) in [5, 5.41) is 17.6. The van der Waals surface area contributed by atoms with E-state index in [0.717, 1.165) is 16.7 Å². The summed E-state index contributed by atoms with van der Waals surface area (Å²) in [6, 6.07) is 16.9. The van der Waals surface area contributed by atoms with Crippen molar-refractivity contribution in [1.29, 1.82) is 5.26 Å². The third-order valence-electron chi connectivity index (χ3n) is 5.46. The molecule has 0 aliphatic heterocycles. The lowest BCUT2D eigenvalue weighted by Crippen LogP contribution is -2.17. The van der Waals surface area contributed by atoms with E-state index < -0.39 is 0 Å². The second-order valence-electron chi connectivity index (χ2n) is 7.76. The summed E-state index contributed by atoms with van der Waals surface area (Å²) in [6.07, 6.45) is 2.12. The van der Waals surface area contributed by atoms with E-state index in [-0.39, 0.29) is 23.7 Å². The van der Waals surface area contributed by atoms with E-state index in [1.54, 1.807) is 14.2 Å². The zero-order chi connectivity index (χ0) is 24.8. The molecule has 4 aromatic rings. The third kappa shape index (κ3) is 5.17. The molecule has 0 radical (unpaired) electrons. The number of fused-ring (bicyclic) bond motifs is 1. The zero-order valence-electron chi connectivity index (χ0n) is 19.7. The highest BCUT2D eigenvalue weighted by Crippen LogP contribution is 2.29. The van der Waals surface area contributed by atoms with Crippen molar-refractivity contribution in [3.63, 3.8) is 0 Å². The van der Waals surface area contributed by atoms with Crippen molar-refractivity contribution in [2.75, 3.05) is 26.1 Å². The van der Waals surface area contributed by atoms with Gasteiger partial charge < -0.3 is 19.5 Å². The topological polar surface area (TPSA) is 111 Å². The number of nitrogens with zero attached hydrogens (tertiary/aromatic N) is 4. The van der Waals surface area contributed by atoms with Crippen LogP contribution in [0.25, 0.3) is 16.7 Å². The van der Waals surface area contributed by atoms with Gasteiger partial charge in [0.15, 0.2) is 11.6 Å². The van der Waals surface area contributed by atoms with Gasteiger partial charge in [0.2, 0.25) is 5.91 Å². The van der Waals surface area contributed by atoms with E-state index in [1.807, 2.05) is 55.5 Å². The van der Waals surface area contributed by atoms with Crippen LogP contribution >= 0.6 is 0 Å². The average Bonchev–Trinajstić information content (AvgIpc) is 3.29. The monoisotopic (exact) mass is 471 g/mol. The molecule has 0 bridgehead atoms. The number of amides is 1. The molecule has 2 aromatic heterocycles. The summed E-state index contributed by atoms with van der Waals surface area (Å²) in [5.74, 6) is 2.56. The van der Waals surface area contributed by atoms with Crippen LogP contribution in [0.2, 0.25) is 0 Å². The maximum Gasteiger partial charge on any atom is 0.225 e. The van der Waals surface area contributed by atoms with Crippen molar-refractivity contribution in [2.45, 2.75) is 19.8 Å². The van der Waals surface area contributed by atoms with Crippen LogP contribution in [0.5, 0.6) is 17.2 Å². The molecule has 2 heterocycles. The number of pyridine rings is 1. The Morgan fingerprint density at radius 2 is 1.89 bits per heavy atom. The first-order valence-corrected chi connectivity index (χ1v) is 11.0. The van der Waals surface area contributed by atoms with E-state index in [1.165, 1.54) is 10.9 Å². The lowest BCUT2D eigenvalue weighted by atomic mass is 10.1. The van der Waals surface area contributed by atoms with Crippen molar-refractivity contribution < 1.29 is 19.0 Å². The average molecular weight is 472 g/mol. The summed E-state index contributed by atoms with van der Waals surface area (Å²) in [5.41, 5.74) is 1.88. The van der Waals surface area contributed by atoms with Gasteiger partial charge in [-0.15, -0.1) is 0 Å². The van der Waals surface area contributed by atoms with E-state index >= 15 is 0 Å². The Morgan fingerprint density at radius 3 is 2.60 bits per heavy atom. The van der Waals surface area contributed by atoms with Gasteiger partial charge in [0.25, 0.3) is 0 Å². The van der Waals surface area contributed by atoms with Crippen LogP contribution in [0.3, 0.4) is 0 Å².